The number of aryl methyl sites for hydroxylation is 1. The maximum atomic E-state index is 9.10. The molecule has 0 saturated carbocycles. The van der Waals surface area contributed by atoms with Crippen LogP contribution in [0.3, 0.4) is 0 Å². The van der Waals surface area contributed by atoms with Gasteiger partial charge in [0.25, 0.3) is 0 Å². The smallest absolute Gasteiger partial charge is 0.414 e. The fraction of sp³-hybridized carbons (Fsp3) is 0.450. The Kier molecular flexibility index (Phi) is 9.69. The standard InChI is InChI=1S/C18H26N4S.C2H2O4/c1-21-13-9-20-18(21)23-14-10-19-17-7-11-22(12-8-17)15-16-5-3-2-4-6-16;3-1(4)2(5)6/h2-6,9,13,17,19H,7-8,10-12,14-15H2,1H3;(H,3,4)(H,5,6). The first-order chi connectivity index (χ1) is 14.0. The van der Waals surface area contributed by atoms with Gasteiger partial charge in [-0.15, -0.1) is 0 Å². The van der Waals surface area contributed by atoms with Gasteiger partial charge in [0, 0.05) is 44.3 Å². The Morgan fingerprint density at radius 2 is 1.83 bits per heavy atom. The van der Waals surface area contributed by atoms with Gasteiger partial charge >= 0.3 is 11.9 Å². The minimum absolute atomic E-state index is 0.670. The molecule has 0 bridgehead atoms. The molecular formula is C20H28N4O4S. The summed E-state index contributed by atoms with van der Waals surface area (Å²) in [6.45, 7) is 4.53. The van der Waals surface area contributed by atoms with Crippen LogP contribution in [0.5, 0.6) is 0 Å². The van der Waals surface area contributed by atoms with Gasteiger partial charge in [0.05, 0.1) is 0 Å². The van der Waals surface area contributed by atoms with E-state index in [0.717, 1.165) is 24.0 Å². The van der Waals surface area contributed by atoms with Gasteiger partial charge in [0.15, 0.2) is 5.16 Å². The molecule has 158 valence electrons. The number of carboxylic acids is 2. The molecule has 3 N–H and O–H groups in total. The molecule has 0 spiro atoms. The van der Waals surface area contributed by atoms with Crippen LogP contribution in [0, 0.1) is 0 Å². The van der Waals surface area contributed by atoms with E-state index in [9.17, 15) is 0 Å². The monoisotopic (exact) mass is 420 g/mol. The molecule has 0 amide bonds. The number of thioether (sulfide) groups is 1. The van der Waals surface area contributed by atoms with Gasteiger partial charge in [0.1, 0.15) is 0 Å². The first-order valence-corrected chi connectivity index (χ1v) is 10.5. The molecule has 2 aromatic rings. The molecule has 29 heavy (non-hydrogen) atoms. The summed E-state index contributed by atoms with van der Waals surface area (Å²) in [6.07, 6.45) is 6.36. The van der Waals surface area contributed by atoms with Crippen molar-refractivity contribution in [1.29, 1.82) is 0 Å². The van der Waals surface area contributed by atoms with Gasteiger partial charge in [-0.1, -0.05) is 42.1 Å². The lowest BCUT2D eigenvalue weighted by Crippen LogP contribution is -2.42. The van der Waals surface area contributed by atoms with Crippen molar-refractivity contribution in [3.8, 4) is 0 Å². The van der Waals surface area contributed by atoms with Crippen molar-refractivity contribution in [2.24, 2.45) is 7.05 Å². The van der Waals surface area contributed by atoms with Crippen molar-refractivity contribution >= 4 is 23.7 Å². The molecule has 3 rings (SSSR count). The minimum atomic E-state index is -1.82. The second-order valence-corrected chi connectivity index (χ2v) is 7.83. The van der Waals surface area contributed by atoms with Crippen LogP contribution in [0.1, 0.15) is 18.4 Å². The number of nitrogens with one attached hydrogen (secondary N) is 1. The third-order valence-corrected chi connectivity index (χ3v) is 5.62. The number of carbonyl (C=O) groups is 2. The summed E-state index contributed by atoms with van der Waals surface area (Å²) in [5.41, 5.74) is 1.42. The van der Waals surface area contributed by atoms with Crippen LogP contribution in [-0.2, 0) is 23.2 Å². The van der Waals surface area contributed by atoms with Crippen LogP contribution in [0.4, 0.5) is 0 Å². The van der Waals surface area contributed by atoms with E-state index in [1.165, 1.54) is 31.5 Å². The molecule has 1 saturated heterocycles. The van der Waals surface area contributed by atoms with Crippen molar-refractivity contribution in [3.63, 3.8) is 0 Å². The molecule has 1 aromatic heterocycles. The molecule has 0 aliphatic carbocycles. The summed E-state index contributed by atoms with van der Waals surface area (Å²) in [6, 6.07) is 11.5. The first-order valence-electron chi connectivity index (χ1n) is 9.51. The summed E-state index contributed by atoms with van der Waals surface area (Å²) in [4.78, 5) is 25.1. The largest absolute Gasteiger partial charge is 0.473 e. The van der Waals surface area contributed by atoms with Crippen LogP contribution in [0.25, 0.3) is 0 Å². The van der Waals surface area contributed by atoms with Gasteiger partial charge in [-0.25, -0.2) is 14.6 Å². The van der Waals surface area contributed by atoms with Crippen molar-refractivity contribution < 1.29 is 19.8 Å². The molecule has 2 heterocycles. The number of piperidine rings is 1. The van der Waals surface area contributed by atoms with Crippen molar-refractivity contribution in [3.05, 3.63) is 48.3 Å². The Morgan fingerprint density at radius 1 is 1.17 bits per heavy atom. The third kappa shape index (κ3) is 8.68. The summed E-state index contributed by atoms with van der Waals surface area (Å²) in [5, 5.41) is 19.6. The van der Waals surface area contributed by atoms with E-state index >= 15 is 0 Å². The van der Waals surface area contributed by atoms with Gasteiger partial charge in [-0.3, -0.25) is 4.90 Å². The Hall–Kier alpha value is -2.36. The lowest BCUT2D eigenvalue weighted by atomic mass is 10.0. The number of hydrogen-bond acceptors (Lipinski definition) is 6. The Labute approximate surface area is 174 Å². The highest BCUT2D eigenvalue weighted by Gasteiger charge is 2.18. The zero-order chi connectivity index (χ0) is 21.1. The molecule has 1 fully saturated rings. The predicted molar refractivity (Wildman–Crippen MR) is 112 cm³/mol. The number of benzene rings is 1. The minimum Gasteiger partial charge on any atom is -0.473 e. The lowest BCUT2D eigenvalue weighted by Gasteiger charge is -2.32. The summed E-state index contributed by atoms with van der Waals surface area (Å²) in [7, 11) is 2.05. The Balaban J connectivity index is 0.000000438. The lowest BCUT2D eigenvalue weighted by molar-refractivity contribution is -0.159. The van der Waals surface area contributed by atoms with Gasteiger partial charge in [0.2, 0.25) is 0 Å². The van der Waals surface area contributed by atoms with E-state index in [-0.39, 0.29) is 0 Å². The van der Waals surface area contributed by atoms with Gasteiger partial charge in [-0.2, -0.15) is 0 Å². The maximum absolute atomic E-state index is 9.10. The van der Waals surface area contributed by atoms with Gasteiger partial charge < -0.3 is 20.1 Å². The van der Waals surface area contributed by atoms with Crippen LogP contribution >= 0.6 is 11.8 Å². The highest BCUT2D eigenvalue weighted by atomic mass is 32.2. The number of likely N-dealkylation sites (tertiary alicyclic amines) is 1. The van der Waals surface area contributed by atoms with E-state index in [4.69, 9.17) is 19.8 Å². The number of aliphatic carboxylic acids is 2. The number of nitrogens with zero attached hydrogens (tertiary/aromatic N) is 3. The zero-order valence-electron chi connectivity index (χ0n) is 16.5. The number of imidazole rings is 1. The molecule has 0 radical (unpaired) electrons. The SMILES string of the molecule is Cn1ccnc1SCCNC1CCN(Cc2ccccc2)CC1.O=C(O)C(=O)O. The molecule has 1 aromatic carbocycles. The molecule has 8 nitrogen and oxygen atoms in total. The fourth-order valence-corrected chi connectivity index (χ4v) is 3.84. The van der Waals surface area contributed by atoms with Crippen LogP contribution in [0.15, 0.2) is 47.9 Å². The fourth-order valence-electron chi connectivity index (χ4n) is 3.03. The summed E-state index contributed by atoms with van der Waals surface area (Å²) in [5.74, 6) is -2.57. The number of hydrogen-bond donors (Lipinski definition) is 3. The molecule has 1 aliphatic rings. The highest BCUT2D eigenvalue weighted by molar-refractivity contribution is 7.99. The van der Waals surface area contributed by atoms with E-state index in [0.29, 0.717) is 6.04 Å². The van der Waals surface area contributed by atoms with Crippen molar-refractivity contribution in [2.45, 2.75) is 30.6 Å². The number of rotatable bonds is 7. The van der Waals surface area contributed by atoms with Crippen molar-refractivity contribution in [1.82, 2.24) is 19.8 Å². The quantitative estimate of drug-likeness (QED) is 0.354. The second kappa shape index (κ2) is 12.3. The average Bonchev–Trinajstić information content (AvgIpc) is 3.12. The number of carboxylic acid groups (broad SMARTS) is 2. The van der Waals surface area contributed by atoms with Crippen LogP contribution in [-0.4, -0.2) is 68.0 Å². The molecule has 9 heteroatoms. The average molecular weight is 421 g/mol. The van der Waals surface area contributed by atoms with Crippen molar-refractivity contribution in [2.75, 3.05) is 25.4 Å². The third-order valence-electron chi connectivity index (χ3n) is 4.56. The first kappa shape index (κ1) is 22.9. The zero-order valence-corrected chi connectivity index (χ0v) is 17.3. The number of aromatic nitrogens is 2. The molecular weight excluding hydrogens is 392 g/mol. The molecule has 0 unspecified atom stereocenters. The topological polar surface area (TPSA) is 108 Å². The molecule has 0 atom stereocenters. The Morgan fingerprint density at radius 3 is 2.38 bits per heavy atom. The highest BCUT2D eigenvalue weighted by Crippen LogP contribution is 2.15. The summed E-state index contributed by atoms with van der Waals surface area (Å²) < 4.78 is 2.08. The van der Waals surface area contributed by atoms with E-state index in [1.807, 2.05) is 31.2 Å². The molecule has 1 aliphatic heterocycles. The van der Waals surface area contributed by atoms with E-state index in [1.54, 1.807) is 0 Å². The van der Waals surface area contributed by atoms with Crippen LogP contribution < -0.4 is 5.32 Å². The predicted octanol–water partition coefficient (Wildman–Crippen LogP) is 1.92. The maximum Gasteiger partial charge on any atom is 0.414 e. The Bertz CT molecular complexity index is 749. The normalized spacial score (nSPS) is 14.8. The second-order valence-electron chi connectivity index (χ2n) is 6.77. The van der Waals surface area contributed by atoms with E-state index in [2.05, 4.69) is 50.1 Å². The van der Waals surface area contributed by atoms with Crippen LogP contribution in [0.2, 0.25) is 0 Å². The van der Waals surface area contributed by atoms with Gasteiger partial charge in [-0.05, 0) is 31.5 Å². The van der Waals surface area contributed by atoms with E-state index < -0.39 is 11.9 Å². The summed E-state index contributed by atoms with van der Waals surface area (Å²) >= 11 is 1.82.